The van der Waals surface area contributed by atoms with Gasteiger partial charge in [0.15, 0.2) is 0 Å². The monoisotopic (exact) mass is 522 g/mol. The van der Waals surface area contributed by atoms with E-state index < -0.39 is 29.2 Å². The molecule has 4 N–H and O–H groups in total. The summed E-state index contributed by atoms with van der Waals surface area (Å²) in [5.41, 5.74) is 7.23. The third kappa shape index (κ3) is 8.33. The number of benzene rings is 2. The smallest absolute Gasteiger partial charge is 0.408 e. The van der Waals surface area contributed by atoms with Gasteiger partial charge in [-0.3, -0.25) is 14.4 Å². The van der Waals surface area contributed by atoms with Gasteiger partial charge in [-0.05, 0) is 70.2 Å². The molecule has 9 nitrogen and oxygen atoms in total. The SMILES string of the molecule is CC(C)(CC(=O)NC1CCc2ccccc2N(Cc2cccc(CC(N)=O)c2)C1=O)NC(=O)OC(C)(C)C. The Hall–Kier alpha value is -3.88. The molecule has 4 amide bonds. The lowest BCUT2D eigenvalue weighted by molar-refractivity contribution is -0.128. The van der Waals surface area contributed by atoms with Crippen LogP contribution in [0.1, 0.15) is 64.2 Å². The van der Waals surface area contributed by atoms with E-state index in [9.17, 15) is 19.2 Å². The minimum Gasteiger partial charge on any atom is -0.444 e. The number of para-hydroxylation sites is 1. The van der Waals surface area contributed by atoms with Gasteiger partial charge in [-0.2, -0.15) is 0 Å². The summed E-state index contributed by atoms with van der Waals surface area (Å²) in [6.45, 7) is 9.03. The Kier molecular flexibility index (Phi) is 8.81. The number of amides is 4. The van der Waals surface area contributed by atoms with E-state index in [0.29, 0.717) is 12.8 Å². The van der Waals surface area contributed by atoms with Crippen molar-refractivity contribution in [3.63, 3.8) is 0 Å². The molecule has 1 aliphatic heterocycles. The molecule has 1 atom stereocenters. The molecule has 0 aliphatic carbocycles. The third-order valence-corrected chi connectivity index (χ3v) is 6.04. The van der Waals surface area contributed by atoms with Crippen molar-refractivity contribution in [3.8, 4) is 0 Å². The lowest BCUT2D eigenvalue weighted by Crippen LogP contribution is -2.52. The van der Waals surface area contributed by atoms with Crippen molar-refractivity contribution in [3.05, 3.63) is 65.2 Å². The molecular weight excluding hydrogens is 484 g/mol. The fraction of sp³-hybridized carbons (Fsp3) is 0.448. The molecule has 0 spiro atoms. The van der Waals surface area contributed by atoms with Gasteiger partial charge >= 0.3 is 6.09 Å². The van der Waals surface area contributed by atoms with Crippen LogP contribution >= 0.6 is 0 Å². The maximum Gasteiger partial charge on any atom is 0.408 e. The number of aryl methyl sites for hydroxylation is 1. The van der Waals surface area contributed by atoms with Gasteiger partial charge in [0.2, 0.25) is 17.7 Å². The van der Waals surface area contributed by atoms with Gasteiger partial charge in [0, 0.05) is 17.6 Å². The number of hydrogen-bond donors (Lipinski definition) is 3. The van der Waals surface area contributed by atoms with Gasteiger partial charge in [0.25, 0.3) is 0 Å². The van der Waals surface area contributed by atoms with E-state index in [-0.39, 0.29) is 31.2 Å². The highest BCUT2D eigenvalue weighted by molar-refractivity contribution is 6.00. The van der Waals surface area contributed by atoms with Crippen molar-refractivity contribution >= 4 is 29.5 Å². The Morgan fingerprint density at radius 1 is 1.03 bits per heavy atom. The van der Waals surface area contributed by atoms with Crippen molar-refractivity contribution in [2.24, 2.45) is 5.73 Å². The molecule has 1 heterocycles. The molecule has 1 unspecified atom stereocenters. The number of primary amides is 1. The molecule has 1 aliphatic rings. The van der Waals surface area contributed by atoms with Crippen molar-refractivity contribution < 1.29 is 23.9 Å². The summed E-state index contributed by atoms with van der Waals surface area (Å²) in [5.74, 6) is -0.995. The molecule has 0 saturated heterocycles. The fourth-order valence-electron chi connectivity index (χ4n) is 4.51. The number of carbonyl (C=O) groups is 4. The molecular formula is C29H38N4O5. The van der Waals surface area contributed by atoms with Gasteiger partial charge in [-0.25, -0.2) is 4.79 Å². The van der Waals surface area contributed by atoms with E-state index in [1.807, 2.05) is 48.5 Å². The largest absolute Gasteiger partial charge is 0.444 e. The highest BCUT2D eigenvalue weighted by Gasteiger charge is 2.33. The lowest BCUT2D eigenvalue weighted by atomic mass is 9.99. The average Bonchev–Trinajstić information content (AvgIpc) is 2.89. The number of carbonyl (C=O) groups excluding carboxylic acids is 4. The first-order valence-electron chi connectivity index (χ1n) is 12.8. The second-order valence-electron chi connectivity index (χ2n) is 11.4. The van der Waals surface area contributed by atoms with E-state index in [1.165, 1.54) is 0 Å². The van der Waals surface area contributed by atoms with Gasteiger partial charge in [-0.1, -0.05) is 42.5 Å². The number of nitrogens with one attached hydrogen (secondary N) is 2. The maximum atomic E-state index is 13.8. The number of rotatable bonds is 8. The van der Waals surface area contributed by atoms with Crippen molar-refractivity contribution in [2.75, 3.05) is 4.90 Å². The summed E-state index contributed by atoms with van der Waals surface area (Å²) in [6.07, 6.45) is 0.535. The first kappa shape index (κ1) is 28.7. The number of alkyl carbamates (subject to hydrolysis) is 1. The Balaban J connectivity index is 1.76. The second kappa shape index (κ2) is 11.7. The highest BCUT2D eigenvalue weighted by Crippen LogP contribution is 2.29. The van der Waals surface area contributed by atoms with E-state index >= 15 is 0 Å². The first-order chi connectivity index (χ1) is 17.7. The van der Waals surface area contributed by atoms with Crippen LogP contribution in [0.3, 0.4) is 0 Å². The third-order valence-electron chi connectivity index (χ3n) is 6.04. The summed E-state index contributed by atoms with van der Waals surface area (Å²) in [6, 6.07) is 14.4. The molecule has 0 radical (unpaired) electrons. The van der Waals surface area contributed by atoms with Crippen molar-refractivity contribution in [1.82, 2.24) is 10.6 Å². The van der Waals surface area contributed by atoms with E-state index in [1.54, 1.807) is 39.5 Å². The van der Waals surface area contributed by atoms with Gasteiger partial charge in [0.1, 0.15) is 11.6 Å². The topological polar surface area (TPSA) is 131 Å². The summed E-state index contributed by atoms with van der Waals surface area (Å²) >= 11 is 0. The minimum atomic E-state index is -0.885. The van der Waals surface area contributed by atoms with Crippen LogP contribution in [0.2, 0.25) is 0 Å². The number of anilines is 1. The second-order valence-corrected chi connectivity index (χ2v) is 11.4. The zero-order valence-electron chi connectivity index (χ0n) is 22.8. The van der Waals surface area contributed by atoms with Crippen LogP contribution < -0.4 is 21.3 Å². The molecule has 2 aromatic carbocycles. The van der Waals surface area contributed by atoms with Gasteiger partial charge in [0.05, 0.1) is 13.0 Å². The predicted molar refractivity (Wildman–Crippen MR) is 145 cm³/mol. The molecule has 0 bridgehead atoms. The standard InChI is InChI=1S/C29H38N4O5/c1-28(2,3)38-27(37)32-29(4,5)17-25(35)31-22-14-13-21-11-6-7-12-23(21)33(26(22)36)18-20-10-8-9-19(15-20)16-24(30)34/h6-12,15,22H,13-14,16-18H2,1-5H3,(H2,30,34)(H,31,35)(H,32,37). The fourth-order valence-corrected chi connectivity index (χ4v) is 4.51. The van der Waals surface area contributed by atoms with E-state index in [2.05, 4.69) is 10.6 Å². The number of hydrogen-bond acceptors (Lipinski definition) is 5. The van der Waals surface area contributed by atoms with Gasteiger partial charge < -0.3 is 26.0 Å². The molecule has 0 saturated carbocycles. The van der Waals surface area contributed by atoms with Crippen LogP contribution in [0.15, 0.2) is 48.5 Å². The number of ether oxygens (including phenoxy) is 1. The van der Waals surface area contributed by atoms with Crippen LogP contribution in [0.5, 0.6) is 0 Å². The molecule has 0 fully saturated rings. The Morgan fingerprint density at radius 3 is 2.39 bits per heavy atom. The molecule has 38 heavy (non-hydrogen) atoms. The highest BCUT2D eigenvalue weighted by atomic mass is 16.6. The Bertz CT molecular complexity index is 1200. The first-order valence-corrected chi connectivity index (χ1v) is 12.8. The number of fused-ring (bicyclic) bond motifs is 1. The summed E-state index contributed by atoms with van der Waals surface area (Å²) in [4.78, 5) is 52.1. The number of nitrogens with zero attached hydrogens (tertiary/aromatic N) is 1. The van der Waals surface area contributed by atoms with Crippen LogP contribution in [-0.2, 0) is 38.5 Å². The minimum absolute atomic E-state index is 0.0296. The van der Waals surface area contributed by atoms with Crippen LogP contribution in [0.4, 0.5) is 10.5 Å². The van der Waals surface area contributed by atoms with E-state index in [4.69, 9.17) is 10.5 Å². The number of nitrogens with two attached hydrogens (primary N) is 1. The quantitative estimate of drug-likeness (QED) is 0.489. The zero-order valence-corrected chi connectivity index (χ0v) is 22.8. The Labute approximate surface area is 224 Å². The van der Waals surface area contributed by atoms with Crippen molar-refractivity contribution in [1.29, 1.82) is 0 Å². The summed E-state index contributed by atoms with van der Waals surface area (Å²) < 4.78 is 5.31. The van der Waals surface area contributed by atoms with Gasteiger partial charge in [-0.15, -0.1) is 0 Å². The Morgan fingerprint density at radius 2 is 1.71 bits per heavy atom. The van der Waals surface area contributed by atoms with Crippen LogP contribution in [0, 0.1) is 0 Å². The lowest BCUT2D eigenvalue weighted by Gasteiger charge is -2.30. The molecule has 9 heteroatoms. The van der Waals surface area contributed by atoms with Crippen LogP contribution in [0.25, 0.3) is 0 Å². The maximum absolute atomic E-state index is 13.8. The van der Waals surface area contributed by atoms with Crippen LogP contribution in [-0.4, -0.2) is 41.0 Å². The normalized spacial score (nSPS) is 15.8. The van der Waals surface area contributed by atoms with Crippen molar-refractivity contribution in [2.45, 2.75) is 84.0 Å². The zero-order chi connectivity index (χ0) is 28.1. The molecule has 204 valence electrons. The summed E-state index contributed by atoms with van der Waals surface area (Å²) in [5, 5.41) is 5.62. The molecule has 3 rings (SSSR count). The molecule has 2 aromatic rings. The van der Waals surface area contributed by atoms with E-state index in [0.717, 1.165) is 22.4 Å². The predicted octanol–water partition coefficient (Wildman–Crippen LogP) is 3.37. The summed E-state index contributed by atoms with van der Waals surface area (Å²) in [7, 11) is 0. The average molecular weight is 523 g/mol. The molecule has 0 aromatic heterocycles.